The summed E-state index contributed by atoms with van der Waals surface area (Å²) in [5.74, 6) is 3.43. The number of fused-ring (bicyclic) bond motifs is 6. The van der Waals surface area contributed by atoms with E-state index in [0.29, 0.717) is 58.7 Å². The van der Waals surface area contributed by atoms with Crippen LogP contribution >= 0.6 is 0 Å². The van der Waals surface area contributed by atoms with Crippen LogP contribution in [0.1, 0.15) is 103 Å². The van der Waals surface area contributed by atoms with Crippen LogP contribution in [0.4, 0.5) is 0 Å². The second-order valence-electron chi connectivity index (χ2n) is 21.4. The van der Waals surface area contributed by atoms with Crippen molar-refractivity contribution in [2.75, 3.05) is 13.4 Å². The minimum absolute atomic E-state index is 0.0884. The lowest BCUT2D eigenvalue weighted by atomic mass is 9.60. The number of hydrogen-bond donors (Lipinski definition) is 10. The smallest absolute Gasteiger partial charge is 0.317 e. The molecule has 3 fully saturated rings. The Morgan fingerprint density at radius 1 is 0.947 bits per heavy atom. The minimum Gasteiger partial charge on any atom is -0.487 e. The number of aliphatic carboxylic acids is 1. The molecular weight excluding hydrogens is 973 g/mol. The highest BCUT2D eigenvalue weighted by Crippen LogP contribution is 2.67. The van der Waals surface area contributed by atoms with Crippen LogP contribution in [0.15, 0.2) is 67.0 Å². The van der Waals surface area contributed by atoms with Gasteiger partial charge in [-0.1, -0.05) is 61.1 Å². The van der Waals surface area contributed by atoms with Crippen LogP contribution in [0.2, 0.25) is 0 Å². The van der Waals surface area contributed by atoms with E-state index in [-0.39, 0.29) is 48.8 Å². The molecule has 12 rings (SSSR count). The van der Waals surface area contributed by atoms with Crippen molar-refractivity contribution in [1.82, 2.24) is 9.55 Å². The predicted octanol–water partition coefficient (Wildman–Crippen LogP) is 2.83. The van der Waals surface area contributed by atoms with Gasteiger partial charge in [0.05, 0.1) is 35.8 Å². The van der Waals surface area contributed by atoms with E-state index in [1.165, 1.54) is 0 Å². The number of H-pyrrole nitrogens is 1. The molecule has 5 aliphatic heterocycles. The molecule has 20 heteroatoms. The Balaban J connectivity index is 1.09. The number of benzene rings is 3. The monoisotopic (exact) mass is 1030 g/mol. The lowest BCUT2D eigenvalue weighted by Crippen LogP contribution is -2.75. The number of carbonyl (C=O) groups is 2. The molecule has 20 nitrogen and oxygen atoms in total. The molecule has 75 heavy (non-hydrogen) atoms. The molecule has 0 unspecified atom stereocenters. The van der Waals surface area contributed by atoms with Crippen molar-refractivity contribution in [2.24, 2.45) is 22.3 Å². The standard InChI is InChI=1S/C55H60N4O16/c56-51(57)49(73-39(65)19-38(63)64)48-43(66)50(67)55(68)52(75-48)72-36-18-37-40(33(22-59-21-28-12-17-58-42(28)34(59)23-60)32(36)20-54(55)16-15-53(25-54)13-4-5-14-53)47-41-31-10-11-35(70-26-61)46(45(31)74-47)69-24-29(62)8-9-30(44(41)71-37)27-6-2-1-3-7-27/h1-3,6-7,10-12,17-18,21,29-30,41,43-44,47-52,58,60-62,66-68H,4-5,13-16,19-20,22-26,56-57H2,(H,63,64)/t29-,30+,41+,43+,44-,47-,48-,49+,50-,52+,54+,55+/m0/s1. The second kappa shape index (κ2) is 18.7. The summed E-state index contributed by atoms with van der Waals surface area (Å²) >= 11 is 0. The first-order chi connectivity index (χ1) is 36.2. The number of aromatic amines is 1. The van der Waals surface area contributed by atoms with Gasteiger partial charge in [-0.15, -0.1) is 0 Å². The van der Waals surface area contributed by atoms with E-state index in [2.05, 4.69) is 16.8 Å². The number of rotatable bonds is 11. The Morgan fingerprint density at radius 3 is 2.49 bits per heavy atom. The normalized spacial score (nSPS) is 31.1. The lowest BCUT2D eigenvalue weighted by molar-refractivity contribution is -0.356. The van der Waals surface area contributed by atoms with Crippen molar-refractivity contribution in [2.45, 2.75) is 144 Å². The number of carboxylic acids is 1. The van der Waals surface area contributed by atoms with Gasteiger partial charge in [0, 0.05) is 52.5 Å². The van der Waals surface area contributed by atoms with Crippen LogP contribution in [0, 0.1) is 22.7 Å². The molecule has 4 bridgehead atoms. The van der Waals surface area contributed by atoms with Gasteiger partial charge in [-0.05, 0) is 67.2 Å². The van der Waals surface area contributed by atoms with Crippen molar-refractivity contribution in [3.8, 4) is 40.6 Å². The van der Waals surface area contributed by atoms with Crippen molar-refractivity contribution in [3.05, 3.63) is 101 Å². The van der Waals surface area contributed by atoms with Crippen LogP contribution in [-0.4, -0.2) is 125 Å². The van der Waals surface area contributed by atoms with E-state index in [4.69, 9.17) is 44.6 Å². The van der Waals surface area contributed by atoms with Gasteiger partial charge in [0.15, 0.2) is 30.0 Å². The average molecular weight is 1030 g/mol. The van der Waals surface area contributed by atoms with E-state index in [1.54, 1.807) is 18.3 Å². The summed E-state index contributed by atoms with van der Waals surface area (Å²) in [5.41, 5.74) is 13.2. The third-order valence-electron chi connectivity index (χ3n) is 17.3. The fourth-order valence-corrected chi connectivity index (χ4v) is 13.9. The van der Waals surface area contributed by atoms with Gasteiger partial charge in [-0.2, -0.15) is 0 Å². The maximum absolute atomic E-state index is 13.7. The molecule has 12 atom stereocenters. The summed E-state index contributed by atoms with van der Waals surface area (Å²) < 4.78 is 47.7. The Bertz CT molecular complexity index is 3100. The molecule has 2 spiro atoms. The molecule has 2 saturated carbocycles. The van der Waals surface area contributed by atoms with E-state index in [0.717, 1.165) is 42.1 Å². The number of nitrogens with two attached hydrogens (primary N) is 2. The molecule has 0 amide bonds. The summed E-state index contributed by atoms with van der Waals surface area (Å²) in [7, 11) is 0. The lowest BCUT2D eigenvalue weighted by Gasteiger charge is -2.55. The largest absolute Gasteiger partial charge is 0.487 e. The van der Waals surface area contributed by atoms with Crippen LogP contribution in [0.5, 0.6) is 28.7 Å². The van der Waals surface area contributed by atoms with E-state index in [9.17, 15) is 45.3 Å². The highest BCUT2D eigenvalue weighted by molar-refractivity contribution is 5.90. The van der Waals surface area contributed by atoms with Gasteiger partial charge in [-0.3, -0.25) is 9.59 Å². The Labute approximate surface area is 430 Å². The first-order valence-corrected chi connectivity index (χ1v) is 25.5. The topological polar surface area (TPSA) is 313 Å². The number of aromatic nitrogens is 2. The third kappa shape index (κ3) is 7.93. The molecule has 12 N–H and O–H groups in total. The number of carboxylic acid groups (broad SMARTS) is 1. The van der Waals surface area contributed by atoms with Crippen molar-refractivity contribution < 1.29 is 78.5 Å². The molecule has 0 radical (unpaired) electrons. The number of ether oxygens (including phenoxy) is 7. The maximum atomic E-state index is 13.7. The number of nitrogens with zero attached hydrogens (tertiary/aromatic N) is 1. The molecule has 1 saturated heterocycles. The van der Waals surface area contributed by atoms with Crippen molar-refractivity contribution in [1.29, 1.82) is 0 Å². The molecule has 3 aromatic carbocycles. The first-order valence-electron chi connectivity index (χ1n) is 25.5. The van der Waals surface area contributed by atoms with Gasteiger partial charge < -0.3 is 89.9 Å². The number of esters is 1. The first kappa shape index (κ1) is 49.5. The quantitative estimate of drug-likeness (QED) is 0.0394. The fraction of sp³-hybridized carbons (Fsp3) is 0.491. The average Bonchev–Trinajstić information content (AvgIpc) is 4.28. The van der Waals surface area contributed by atoms with E-state index < -0.39 is 103 Å². The van der Waals surface area contributed by atoms with Crippen molar-refractivity contribution >= 4 is 22.8 Å². The number of aliphatic hydroxyl groups is 6. The molecule has 396 valence electrons. The van der Waals surface area contributed by atoms with Gasteiger partial charge in [0.2, 0.25) is 12.0 Å². The molecule has 2 aromatic heterocycles. The molecule has 7 heterocycles. The zero-order chi connectivity index (χ0) is 52.1. The fourth-order valence-electron chi connectivity index (χ4n) is 13.9. The van der Waals surface area contributed by atoms with Gasteiger partial charge in [0.1, 0.15) is 61.2 Å². The van der Waals surface area contributed by atoms with Crippen LogP contribution in [0.3, 0.4) is 0 Å². The Kier molecular flexibility index (Phi) is 12.4. The number of aliphatic hydroxyl groups excluding tert-OH is 5. The zero-order valence-corrected chi connectivity index (χ0v) is 40.8. The molecule has 7 aliphatic rings. The van der Waals surface area contributed by atoms with Crippen LogP contribution < -0.4 is 35.2 Å². The summed E-state index contributed by atoms with van der Waals surface area (Å²) in [6, 6.07) is 16.7. The van der Waals surface area contributed by atoms with Gasteiger partial charge >= 0.3 is 11.9 Å². The molecular formula is C55H60N4O16. The summed E-state index contributed by atoms with van der Waals surface area (Å²) in [4.78, 5) is 27.7. The highest BCUT2D eigenvalue weighted by atomic mass is 16.7. The number of hydrogen-bond acceptors (Lipinski definition) is 17. The van der Waals surface area contributed by atoms with Crippen LogP contribution in [0.25, 0.3) is 10.9 Å². The summed E-state index contributed by atoms with van der Waals surface area (Å²) in [6.07, 6.45) is -5.76. The molecule has 5 aromatic rings. The Hall–Kier alpha value is -6.38. The predicted molar refractivity (Wildman–Crippen MR) is 262 cm³/mol. The van der Waals surface area contributed by atoms with E-state index >= 15 is 0 Å². The Morgan fingerprint density at radius 2 is 1.75 bits per heavy atom. The van der Waals surface area contributed by atoms with Gasteiger partial charge in [-0.25, -0.2) is 0 Å². The maximum Gasteiger partial charge on any atom is 0.317 e. The van der Waals surface area contributed by atoms with Crippen LogP contribution in [-0.2, 0) is 38.6 Å². The second-order valence-corrected chi connectivity index (χ2v) is 21.4. The number of nitrogens with one attached hydrogen (secondary N) is 1. The van der Waals surface area contributed by atoms with E-state index in [1.807, 2.05) is 53.2 Å². The summed E-state index contributed by atoms with van der Waals surface area (Å²) in [5, 5.41) is 81.2. The minimum atomic E-state index is -2.36. The molecule has 2 aliphatic carbocycles. The zero-order valence-electron chi connectivity index (χ0n) is 40.8. The number of carbonyl (C=O) groups excluding carboxylic acids is 1. The summed E-state index contributed by atoms with van der Waals surface area (Å²) in [6.45, 7) is -1.17. The van der Waals surface area contributed by atoms with Crippen molar-refractivity contribution in [3.63, 3.8) is 0 Å². The highest BCUT2D eigenvalue weighted by Gasteiger charge is 2.71. The van der Waals surface area contributed by atoms with Gasteiger partial charge in [0.25, 0.3) is 0 Å². The third-order valence-corrected chi connectivity index (χ3v) is 17.3. The SMILES string of the molecule is NC(N)[C@H](OC(=O)CC(=O)O)[C@H]1O[C@H]2Oc3cc4c(c(Cn5cc6cc[nH]c6c5CO)c3C[C@@]3(CCC5(CCCC5)C3)[C@@]2(O)[C@@H](O)[C@@H]1O)[C@@H]1Oc2c3ccc(OCO)c2OC[C@@H](O)C#C[C@H](c2ccccc2)[C@H](O4)[C@@H]31.